The summed E-state index contributed by atoms with van der Waals surface area (Å²) < 4.78 is 0. The summed E-state index contributed by atoms with van der Waals surface area (Å²) in [4.78, 5) is 2.37. The lowest BCUT2D eigenvalue weighted by molar-refractivity contribution is 1.28. The summed E-state index contributed by atoms with van der Waals surface area (Å²) >= 11 is 0. The van der Waals surface area contributed by atoms with E-state index in [1.807, 2.05) is 0 Å². The van der Waals surface area contributed by atoms with Crippen LogP contribution in [0.1, 0.15) is 0 Å². The van der Waals surface area contributed by atoms with Crippen molar-refractivity contribution in [2.75, 3.05) is 4.90 Å². The smallest absolute Gasteiger partial charge is 0.0462 e. The van der Waals surface area contributed by atoms with E-state index >= 15 is 0 Å². The fourth-order valence-corrected chi connectivity index (χ4v) is 9.31. The van der Waals surface area contributed by atoms with Gasteiger partial charge in [0.2, 0.25) is 0 Å². The summed E-state index contributed by atoms with van der Waals surface area (Å²) in [5.41, 5.74) is 20.1. The van der Waals surface area contributed by atoms with Gasteiger partial charge in [-0.25, -0.2) is 0 Å². The Morgan fingerprint density at radius 1 is 0.185 bits per heavy atom. The van der Waals surface area contributed by atoms with Crippen molar-refractivity contribution in [3.63, 3.8) is 0 Å². The number of benzene rings is 11. The molecule has 11 aromatic carbocycles. The summed E-state index contributed by atoms with van der Waals surface area (Å²) in [7, 11) is 0. The van der Waals surface area contributed by atoms with E-state index in [1.54, 1.807) is 0 Å². The summed E-state index contributed by atoms with van der Waals surface area (Å²) in [6.07, 6.45) is 0. The third-order valence-electron chi connectivity index (χ3n) is 12.5. The second kappa shape index (κ2) is 17.7. The molecule has 0 saturated heterocycles. The number of nitrogens with zero attached hydrogens (tertiary/aromatic N) is 1. The molecule has 0 saturated carbocycles. The highest BCUT2D eigenvalue weighted by atomic mass is 15.1. The van der Waals surface area contributed by atoms with Crippen molar-refractivity contribution in [2.24, 2.45) is 0 Å². The van der Waals surface area contributed by atoms with Gasteiger partial charge in [0.25, 0.3) is 0 Å². The molecule has 0 aliphatic heterocycles. The van der Waals surface area contributed by atoms with Crippen molar-refractivity contribution in [1.82, 2.24) is 0 Å². The van der Waals surface area contributed by atoms with Gasteiger partial charge in [-0.2, -0.15) is 0 Å². The molecule has 0 heterocycles. The molecular formula is C64H45N. The summed E-state index contributed by atoms with van der Waals surface area (Å²) in [5.74, 6) is 0. The summed E-state index contributed by atoms with van der Waals surface area (Å²) in [5, 5.41) is 2.50. The van der Waals surface area contributed by atoms with Crippen LogP contribution in [0.5, 0.6) is 0 Å². The minimum Gasteiger partial charge on any atom is -0.311 e. The minimum atomic E-state index is 1.08. The van der Waals surface area contributed by atoms with Crippen LogP contribution < -0.4 is 4.90 Å². The molecule has 306 valence electrons. The maximum Gasteiger partial charge on any atom is 0.0462 e. The SMILES string of the molecule is c1ccc(-c2ccc(-c3ccc(N(c4ccc(-c5cccc(-c6ccccc6)c5-c5ccccc5-c5ccccc5)cc4)c4ccc(-c5cccc6ccccc56)cc4)cc3)cc2)cc1. The van der Waals surface area contributed by atoms with Gasteiger partial charge in [0.1, 0.15) is 0 Å². The Balaban J connectivity index is 1.00. The van der Waals surface area contributed by atoms with Gasteiger partial charge in [-0.15, -0.1) is 0 Å². The van der Waals surface area contributed by atoms with Crippen molar-refractivity contribution in [3.05, 3.63) is 273 Å². The van der Waals surface area contributed by atoms with Crippen molar-refractivity contribution in [3.8, 4) is 77.9 Å². The standard InChI is InChI=1S/C64H45N/c1-4-16-46(17-5-1)47-30-32-48(33-31-47)49-34-40-55(41-35-49)65(56-42-36-53(37-43-56)59-27-14-23-51-22-10-11-24-58(51)59)57-44-38-54(39-45-57)62-29-15-28-61(52-20-8-3-9-21-52)64(62)63-26-13-12-25-60(63)50-18-6-2-7-19-50/h1-45H. The zero-order chi connectivity index (χ0) is 43.4. The molecule has 0 fully saturated rings. The second-order valence-electron chi connectivity index (χ2n) is 16.5. The number of hydrogen-bond acceptors (Lipinski definition) is 1. The maximum atomic E-state index is 2.37. The van der Waals surface area contributed by atoms with E-state index in [9.17, 15) is 0 Å². The largest absolute Gasteiger partial charge is 0.311 e. The molecule has 0 bridgehead atoms. The van der Waals surface area contributed by atoms with E-state index in [-0.39, 0.29) is 0 Å². The topological polar surface area (TPSA) is 3.24 Å². The van der Waals surface area contributed by atoms with E-state index in [4.69, 9.17) is 0 Å². The van der Waals surface area contributed by atoms with Gasteiger partial charge in [0, 0.05) is 17.1 Å². The van der Waals surface area contributed by atoms with Crippen LogP contribution in [-0.4, -0.2) is 0 Å². The highest BCUT2D eigenvalue weighted by Gasteiger charge is 2.19. The molecule has 11 rings (SSSR count). The summed E-state index contributed by atoms with van der Waals surface area (Å²) in [6, 6.07) is 98.7. The minimum absolute atomic E-state index is 1.08. The number of hydrogen-bond donors (Lipinski definition) is 0. The monoisotopic (exact) mass is 827 g/mol. The Hall–Kier alpha value is -8.52. The molecule has 11 aromatic rings. The van der Waals surface area contributed by atoms with E-state index in [0.29, 0.717) is 0 Å². The quantitative estimate of drug-likeness (QED) is 0.133. The summed E-state index contributed by atoms with van der Waals surface area (Å²) in [6.45, 7) is 0. The second-order valence-corrected chi connectivity index (χ2v) is 16.5. The Bertz CT molecular complexity index is 3350. The van der Waals surface area contributed by atoms with Crippen molar-refractivity contribution in [1.29, 1.82) is 0 Å². The van der Waals surface area contributed by atoms with Crippen LogP contribution in [0.15, 0.2) is 273 Å². The average Bonchev–Trinajstić information content (AvgIpc) is 3.40. The molecule has 1 nitrogen and oxygen atoms in total. The fourth-order valence-electron chi connectivity index (χ4n) is 9.31. The molecule has 0 aliphatic rings. The van der Waals surface area contributed by atoms with E-state index in [1.165, 1.54) is 83.1 Å². The zero-order valence-electron chi connectivity index (χ0n) is 35.9. The van der Waals surface area contributed by atoms with Crippen molar-refractivity contribution < 1.29 is 0 Å². The van der Waals surface area contributed by atoms with Gasteiger partial charge in [-0.05, 0) is 125 Å². The molecule has 0 radical (unpaired) electrons. The molecule has 0 spiro atoms. The molecule has 65 heavy (non-hydrogen) atoms. The van der Waals surface area contributed by atoms with Crippen LogP contribution in [0, 0.1) is 0 Å². The Kier molecular flexibility index (Phi) is 10.7. The lowest BCUT2D eigenvalue weighted by atomic mass is 9.84. The van der Waals surface area contributed by atoms with Gasteiger partial charge in [-0.3, -0.25) is 0 Å². The van der Waals surface area contributed by atoms with Crippen LogP contribution in [0.25, 0.3) is 88.7 Å². The van der Waals surface area contributed by atoms with Gasteiger partial charge < -0.3 is 4.90 Å². The fraction of sp³-hybridized carbons (Fsp3) is 0. The Morgan fingerprint density at radius 3 is 1.03 bits per heavy atom. The molecule has 0 atom stereocenters. The molecule has 0 aromatic heterocycles. The highest BCUT2D eigenvalue weighted by molar-refractivity contribution is 6.00. The maximum absolute atomic E-state index is 2.37. The van der Waals surface area contributed by atoms with E-state index in [0.717, 1.165) is 22.6 Å². The number of fused-ring (bicyclic) bond motifs is 1. The number of rotatable bonds is 10. The molecule has 0 unspecified atom stereocenters. The third kappa shape index (κ3) is 7.93. The molecule has 0 N–H and O–H groups in total. The Labute approximate surface area is 381 Å². The predicted molar refractivity (Wildman–Crippen MR) is 277 cm³/mol. The van der Waals surface area contributed by atoms with Crippen LogP contribution in [0.3, 0.4) is 0 Å². The van der Waals surface area contributed by atoms with Crippen molar-refractivity contribution >= 4 is 27.8 Å². The lowest BCUT2D eigenvalue weighted by Gasteiger charge is -2.26. The normalized spacial score (nSPS) is 11.1. The predicted octanol–water partition coefficient (Wildman–Crippen LogP) is 18.0. The molecule has 1 heteroatoms. The van der Waals surface area contributed by atoms with Crippen LogP contribution in [-0.2, 0) is 0 Å². The van der Waals surface area contributed by atoms with Gasteiger partial charge >= 0.3 is 0 Å². The first-order chi connectivity index (χ1) is 32.2. The zero-order valence-corrected chi connectivity index (χ0v) is 35.9. The lowest BCUT2D eigenvalue weighted by Crippen LogP contribution is -2.09. The first kappa shape index (κ1) is 39.3. The molecule has 0 aliphatic carbocycles. The molecule has 0 amide bonds. The van der Waals surface area contributed by atoms with Crippen LogP contribution in [0.4, 0.5) is 17.1 Å². The highest BCUT2D eigenvalue weighted by Crippen LogP contribution is 2.45. The third-order valence-corrected chi connectivity index (χ3v) is 12.5. The first-order valence-electron chi connectivity index (χ1n) is 22.3. The van der Waals surface area contributed by atoms with Gasteiger partial charge in [0.15, 0.2) is 0 Å². The van der Waals surface area contributed by atoms with Crippen molar-refractivity contribution in [2.45, 2.75) is 0 Å². The van der Waals surface area contributed by atoms with E-state index in [2.05, 4.69) is 278 Å². The van der Waals surface area contributed by atoms with Crippen LogP contribution >= 0.6 is 0 Å². The number of anilines is 3. The van der Waals surface area contributed by atoms with Gasteiger partial charge in [-0.1, -0.05) is 237 Å². The Morgan fingerprint density at radius 2 is 0.492 bits per heavy atom. The average molecular weight is 828 g/mol. The van der Waals surface area contributed by atoms with Gasteiger partial charge in [0.05, 0.1) is 0 Å². The first-order valence-corrected chi connectivity index (χ1v) is 22.3. The van der Waals surface area contributed by atoms with E-state index < -0.39 is 0 Å². The molecular weight excluding hydrogens is 783 g/mol. The van der Waals surface area contributed by atoms with Crippen LogP contribution in [0.2, 0.25) is 0 Å².